The Morgan fingerprint density at radius 1 is 1.50 bits per heavy atom. The molecule has 1 aliphatic heterocycles. The second kappa shape index (κ2) is 5.15. The molecular formula is C13H17ClFN. The summed E-state index contributed by atoms with van der Waals surface area (Å²) in [5.41, 5.74) is 2.19. The third-order valence-electron chi connectivity index (χ3n) is 3.29. The van der Waals surface area contributed by atoms with Gasteiger partial charge in [-0.3, -0.25) is 0 Å². The summed E-state index contributed by atoms with van der Waals surface area (Å²) in [6.45, 7) is 4.14. The maximum Gasteiger partial charge on any atom is 0.142 e. The predicted octanol–water partition coefficient (Wildman–Crippen LogP) is 3.33. The third kappa shape index (κ3) is 2.74. The maximum absolute atomic E-state index is 13.2. The van der Waals surface area contributed by atoms with Gasteiger partial charge < -0.3 is 5.32 Å². The Hall–Kier alpha value is -0.600. The standard InChI is InChI=1S/C13H17ClFN/c1-9-5-13(15)12(14)7-11(9)6-10-3-2-4-16-8-10/h5,7,10,16H,2-4,6,8H2,1H3. The topological polar surface area (TPSA) is 12.0 Å². The van der Waals surface area contributed by atoms with Crippen LogP contribution in [0.1, 0.15) is 24.0 Å². The van der Waals surface area contributed by atoms with E-state index in [2.05, 4.69) is 5.32 Å². The van der Waals surface area contributed by atoms with Crippen LogP contribution in [0.4, 0.5) is 4.39 Å². The smallest absolute Gasteiger partial charge is 0.142 e. The Bertz CT molecular complexity index is 372. The third-order valence-corrected chi connectivity index (χ3v) is 3.58. The van der Waals surface area contributed by atoms with E-state index in [9.17, 15) is 4.39 Å². The lowest BCUT2D eigenvalue weighted by Crippen LogP contribution is -2.31. The van der Waals surface area contributed by atoms with Crippen molar-refractivity contribution in [3.8, 4) is 0 Å². The number of aryl methyl sites for hydroxylation is 1. The minimum absolute atomic E-state index is 0.240. The highest BCUT2D eigenvalue weighted by Gasteiger charge is 2.15. The fourth-order valence-corrected chi connectivity index (χ4v) is 2.50. The number of hydrogen-bond donors (Lipinski definition) is 1. The molecule has 1 heterocycles. The summed E-state index contributed by atoms with van der Waals surface area (Å²) < 4.78 is 13.2. The number of benzene rings is 1. The van der Waals surface area contributed by atoms with Gasteiger partial charge in [-0.25, -0.2) is 4.39 Å². The first kappa shape index (κ1) is 11.9. The lowest BCUT2D eigenvalue weighted by molar-refractivity contribution is 0.375. The average Bonchev–Trinajstić information content (AvgIpc) is 2.27. The van der Waals surface area contributed by atoms with E-state index < -0.39 is 0 Å². The number of hydrogen-bond acceptors (Lipinski definition) is 1. The zero-order valence-corrected chi connectivity index (χ0v) is 10.3. The molecule has 16 heavy (non-hydrogen) atoms. The van der Waals surface area contributed by atoms with Crippen LogP contribution in [0.5, 0.6) is 0 Å². The van der Waals surface area contributed by atoms with Crippen molar-refractivity contribution in [2.24, 2.45) is 5.92 Å². The Morgan fingerprint density at radius 3 is 3.00 bits per heavy atom. The Balaban J connectivity index is 2.11. The number of nitrogens with one attached hydrogen (secondary N) is 1. The van der Waals surface area contributed by atoms with Crippen molar-refractivity contribution < 1.29 is 4.39 Å². The van der Waals surface area contributed by atoms with Crippen molar-refractivity contribution in [2.75, 3.05) is 13.1 Å². The summed E-state index contributed by atoms with van der Waals surface area (Å²) in [7, 11) is 0. The number of rotatable bonds is 2. The molecule has 1 N–H and O–H groups in total. The van der Waals surface area contributed by atoms with Crippen LogP contribution in [0.2, 0.25) is 5.02 Å². The fourth-order valence-electron chi connectivity index (χ4n) is 2.32. The predicted molar refractivity (Wildman–Crippen MR) is 65.4 cm³/mol. The van der Waals surface area contributed by atoms with Crippen LogP contribution >= 0.6 is 11.6 Å². The van der Waals surface area contributed by atoms with Gasteiger partial charge in [-0.2, -0.15) is 0 Å². The van der Waals surface area contributed by atoms with Gasteiger partial charge in [-0.15, -0.1) is 0 Å². The highest BCUT2D eigenvalue weighted by Crippen LogP contribution is 2.24. The minimum Gasteiger partial charge on any atom is -0.316 e. The van der Waals surface area contributed by atoms with Gasteiger partial charge in [0.15, 0.2) is 0 Å². The first-order valence-corrected chi connectivity index (χ1v) is 6.20. The van der Waals surface area contributed by atoms with Gasteiger partial charge in [0.2, 0.25) is 0 Å². The second-order valence-electron chi connectivity index (χ2n) is 4.61. The molecule has 0 aliphatic carbocycles. The normalized spacial score (nSPS) is 21.1. The Labute approximate surface area is 101 Å². The molecule has 0 amide bonds. The van der Waals surface area contributed by atoms with Gasteiger partial charge >= 0.3 is 0 Å². The van der Waals surface area contributed by atoms with E-state index in [1.165, 1.54) is 24.5 Å². The highest BCUT2D eigenvalue weighted by molar-refractivity contribution is 6.30. The maximum atomic E-state index is 13.2. The zero-order chi connectivity index (χ0) is 11.5. The molecule has 0 aromatic heterocycles. The summed E-state index contributed by atoms with van der Waals surface area (Å²) in [6, 6.07) is 3.31. The van der Waals surface area contributed by atoms with E-state index in [0.29, 0.717) is 5.92 Å². The van der Waals surface area contributed by atoms with Gasteiger partial charge in [-0.1, -0.05) is 11.6 Å². The van der Waals surface area contributed by atoms with Crippen LogP contribution < -0.4 is 5.32 Å². The molecule has 0 bridgehead atoms. The molecule has 1 aliphatic rings. The molecule has 1 aromatic rings. The molecule has 1 atom stereocenters. The Morgan fingerprint density at radius 2 is 2.31 bits per heavy atom. The van der Waals surface area contributed by atoms with E-state index >= 15 is 0 Å². The minimum atomic E-state index is -0.315. The van der Waals surface area contributed by atoms with E-state index in [4.69, 9.17) is 11.6 Å². The van der Waals surface area contributed by atoms with Crippen molar-refractivity contribution in [3.63, 3.8) is 0 Å². The largest absolute Gasteiger partial charge is 0.316 e. The molecular weight excluding hydrogens is 225 g/mol. The van der Waals surface area contributed by atoms with E-state index in [0.717, 1.165) is 25.1 Å². The lowest BCUT2D eigenvalue weighted by Gasteiger charge is -2.23. The van der Waals surface area contributed by atoms with Crippen LogP contribution in [0.15, 0.2) is 12.1 Å². The molecule has 0 spiro atoms. The molecule has 0 saturated carbocycles. The van der Waals surface area contributed by atoms with Crippen molar-refractivity contribution >= 4 is 11.6 Å². The molecule has 0 radical (unpaired) electrons. The highest BCUT2D eigenvalue weighted by atomic mass is 35.5. The Kier molecular flexibility index (Phi) is 3.82. The fraction of sp³-hybridized carbons (Fsp3) is 0.538. The molecule has 88 valence electrons. The van der Waals surface area contributed by atoms with Gasteiger partial charge in [0.05, 0.1) is 5.02 Å². The molecule has 1 nitrogen and oxygen atoms in total. The summed E-state index contributed by atoms with van der Waals surface area (Å²) in [6.07, 6.45) is 3.49. The van der Waals surface area contributed by atoms with Crippen LogP contribution in [0.25, 0.3) is 0 Å². The van der Waals surface area contributed by atoms with Crippen molar-refractivity contribution in [2.45, 2.75) is 26.2 Å². The summed E-state index contributed by atoms with van der Waals surface area (Å²) >= 11 is 5.81. The van der Waals surface area contributed by atoms with E-state index in [1.54, 1.807) is 6.07 Å². The van der Waals surface area contributed by atoms with Crippen molar-refractivity contribution in [3.05, 3.63) is 34.1 Å². The SMILES string of the molecule is Cc1cc(F)c(Cl)cc1CC1CCCNC1. The molecule has 1 fully saturated rings. The molecule has 3 heteroatoms. The number of halogens is 2. The quantitative estimate of drug-likeness (QED) is 0.838. The van der Waals surface area contributed by atoms with Crippen molar-refractivity contribution in [1.82, 2.24) is 5.32 Å². The van der Waals surface area contributed by atoms with Crippen molar-refractivity contribution in [1.29, 1.82) is 0 Å². The van der Waals surface area contributed by atoms with Crippen LogP contribution in [0.3, 0.4) is 0 Å². The van der Waals surface area contributed by atoms with Crippen LogP contribution in [0, 0.1) is 18.7 Å². The summed E-state index contributed by atoms with van der Waals surface area (Å²) in [4.78, 5) is 0. The second-order valence-corrected chi connectivity index (χ2v) is 5.02. The average molecular weight is 242 g/mol. The first-order chi connectivity index (χ1) is 7.66. The lowest BCUT2D eigenvalue weighted by atomic mass is 9.90. The van der Waals surface area contributed by atoms with Gasteiger partial charge in [-0.05, 0) is 68.5 Å². The van der Waals surface area contributed by atoms with Gasteiger partial charge in [0, 0.05) is 0 Å². The number of piperidine rings is 1. The molecule has 2 rings (SSSR count). The van der Waals surface area contributed by atoms with Gasteiger partial charge in [0.1, 0.15) is 5.82 Å². The van der Waals surface area contributed by atoms with Gasteiger partial charge in [0.25, 0.3) is 0 Å². The summed E-state index contributed by atoms with van der Waals surface area (Å²) in [5, 5.41) is 3.63. The van der Waals surface area contributed by atoms with E-state index in [-0.39, 0.29) is 10.8 Å². The molecule has 1 saturated heterocycles. The van der Waals surface area contributed by atoms with Crippen LogP contribution in [-0.2, 0) is 6.42 Å². The monoisotopic (exact) mass is 241 g/mol. The molecule has 1 aromatic carbocycles. The van der Waals surface area contributed by atoms with E-state index in [1.807, 2.05) is 6.92 Å². The molecule has 1 unspecified atom stereocenters. The van der Waals surface area contributed by atoms with Crippen LogP contribution in [-0.4, -0.2) is 13.1 Å². The first-order valence-electron chi connectivity index (χ1n) is 5.82. The zero-order valence-electron chi connectivity index (χ0n) is 9.52. The summed E-state index contributed by atoms with van der Waals surface area (Å²) in [5.74, 6) is 0.346.